The highest BCUT2D eigenvalue weighted by molar-refractivity contribution is 5.98. The summed E-state index contributed by atoms with van der Waals surface area (Å²) in [6, 6.07) is 13.2. The molecule has 5 nitrogen and oxygen atoms in total. The van der Waals surface area contributed by atoms with E-state index in [2.05, 4.69) is 5.32 Å². The van der Waals surface area contributed by atoms with Crippen LogP contribution >= 0.6 is 0 Å². The Morgan fingerprint density at radius 1 is 1.16 bits per heavy atom. The van der Waals surface area contributed by atoms with Crippen LogP contribution in [0.1, 0.15) is 33.2 Å². The minimum Gasteiger partial charge on any atom is -0.363 e. The Bertz CT molecular complexity index is 814. The molecule has 1 aliphatic heterocycles. The number of hydrogen-bond acceptors (Lipinski definition) is 3. The van der Waals surface area contributed by atoms with E-state index in [0.29, 0.717) is 17.9 Å². The molecular weight excluding hydrogens is 316 g/mol. The molecule has 0 spiro atoms. The van der Waals surface area contributed by atoms with Crippen LogP contribution in [0.2, 0.25) is 0 Å². The highest BCUT2D eigenvalue weighted by atomic mass is 16.5. The number of ether oxygens (including phenoxy) is 1. The number of fused-ring (bicyclic) bond motifs is 1. The van der Waals surface area contributed by atoms with Crippen molar-refractivity contribution in [1.29, 1.82) is 0 Å². The Morgan fingerprint density at radius 2 is 1.92 bits per heavy atom. The van der Waals surface area contributed by atoms with Gasteiger partial charge in [0.25, 0.3) is 11.8 Å². The van der Waals surface area contributed by atoms with Gasteiger partial charge in [0.2, 0.25) is 0 Å². The molecule has 0 aromatic heterocycles. The molecule has 2 aromatic rings. The lowest BCUT2D eigenvalue weighted by Crippen LogP contribution is -2.28. The van der Waals surface area contributed by atoms with Crippen molar-refractivity contribution in [3.63, 3.8) is 0 Å². The van der Waals surface area contributed by atoms with Gasteiger partial charge in [-0.05, 0) is 48.2 Å². The van der Waals surface area contributed by atoms with Gasteiger partial charge in [0.05, 0.1) is 6.61 Å². The molecule has 5 heteroatoms. The summed E-state index contributed by atoms with van der Waals surface area (Å²) < 4.78 is 5.69. The summed E-state index contributed by atoms with van der Waals surface area (Å²) in [7, 11) is 3.44. The molecule has 1 aliphatic rings. The lowest BCUT2D eigenvalue weighted by Gasteiger charge is -2.25. The van der Waals surface area contributed by atoms with Gasteiger partial charge >= 0.3 is 0 Å². The van der Waals surface area contributed by atoms with Crippen molar-refractivity contribution in [2.75, 3.05) is 26.0 Å². The second kappa shape index (κ2) is 7.07. The maximum atomic E-state index is 12.7. The van der Waals surface area contributed by atoms with Crippen molar-refractivity contribution in [3.05, 3.63) is 64.7 Å². The first kappa shape index (κ1) is 17.2. The predicted octanol–water partition coefficient (Wildman–Crippen LogP) is 2.95. The summed E-state index contributed by atoms with van der Waals surface area (Å²) in [6.07, 6.45) is 0.216. The molecule has 1 unspecified atom stereocenters. The Kier molecular flexibility index (Phi) is 4.86. The van der Waals surface area contributed by atoms with Crippen molar-refractivity contribution in [2.24, 2.45) is 0 Å². The van der Waals surface area contributed by atoms with E-state index in [-0.39, 0.29) is 11.8 Å². The molecule has 1 atom stereocenters. The van der Waals surface area contributed by atoms with E-state index in [1.54, 1.807) is 26.2 Å². The molecule has 0 bridgehead atoms. The van der Waals surface area contributed by atoms with Crippen LogP contribution in [0.4, 0.5) is 5.69 Å². The quantitative estimate of drug-likeness (QED) is 0.936. The van der Waals surface area contributed by atoms with E-state index in [4.69, 9.17) is 4.74 Å². The number of amides is 2. The Morgan fingerprint density at radius 3 is 2.64 bits per heavy atom. The van der Waals surface area contributed by atoms with Crippen LogP contribution in [0.3, 0.4) is 0 Å². The number of aryl methyl sites for hydroxylation is 1. The number of nitrogens with one attached hydrogen (secondary N) is 1. The summed E-state index contributed by atoms with van der Waals surface area (Å²) in [5.74, 6) is -0.252. The van der Waals surface area contributed by atoms with Gasteiger partial charge in [-0.25, -0.2) is 0 Å². The molecule has 2 amide bonds. The van der Waals surface area contributed by atoms with Crippen molar-refractivity contribution in [2.45, 2.75) is 19.4 Å². The highest BCUT2D eigenvalue weighted by Crippen LogP contribution is 2.28. The number of hydrogen-bond donors (Lipinski definition) is 1. The lowest BCUT2D eigenvalue weighted by molar-refractivity contribution is -0.128. The molecule has 25 heavy (non-hydrogen) atoms. The van der Waals surface area contributed by atoms with Crippen molar-refractivity contribution in [3.8, 4) is 0 Å². The van der Waals surface area contributed by atoms with Gasteiger partial charge in [-0.2, -0.15) is 0 Å². The van der Waals surface area contributed by atoms with E-state index >= 15 is 0 Å². The Labute approximate surface area is 147 Å². The molecule has 2 aromatic carbocycles. The molecule has 1 N–H and O–H groups in total. The van der Waals surface area contributed by atoms with Gasteiger partial charge in [-0.15, -0.1) is 0 Å². The Balaban J connectivity index is 1.78. The van der Waals surface area contributed by atoms with E-state index in [0.717, 1.165) is 23.1 Å². The van der Waals surface area contributed by atoms with Crippen LogP contribution in [-0.2, 0) is 16.0 Å². The predicted molar refractivity (Wildman–Crippen MR) is 96.7 cm³/mol. The third-order valence-corrected chi connectivity index (χ3v) is 4.36. The van der Waals surface area contributed by atoms with Gasteiger partial charge < -0.3 is 15.0 Å². The van der Waals surface area contributed by atoms with Crippen molar-refractivity contribution in [1.82, 2.24) is 4.90 Å². The summed E-state index contributed by atoms with van der Waals surface area (Å²) >= 11 is 0. The number of anilines is 1. The molecule has 0 fully saturated rings. The first-order valence-electron chi connectivity index (χ1n) is 8.30. The number of benzene rings is 2. The van der Waals surface area contributed by atoms with E-state index in [1.807, 2.05) is 37.3 Å². The molecule has 130 valence electrons. The fourth-order valence-corrected chi connectivity index (χ4v) is 3.04. The van der Waals surface area contributed by atoms with E-state index in [1.165, 1.54) is 4.90 Å². The average Bonchev–Trinajstić information content (AvgIpc) is 2.60. The molecule has 0 aliphatic carbocycles. The zero-order valence-corrected chi connectivity index (χ0v) is 14.7. The van der Waals surface area contributed by atoms with Crippen LogP contribution in [0.25, 0.3) is 0 Å². The number of nitrogens with zero attached hydrogens (tertiary/aromatic N) is 1. The van der Waals surface area contributed by atoms with Crippen LogP contribution in [0.15, 0.2) is 42.5 Å². The standard InChI is InChI=1S/C20H22N2O3/c1-13-12-15(8-9-16(13)20(24)22(2)3)21-19(23)18-17-7-5-4-6-14(17)10-11-25-18/h4-9,12,18H,10-11H2,1-3H3,(H,21,23). The first-order valence-corrected chi connectivity index (χ1v) is 8.30. The monoisotopic (exact) mass is 338 g/mol. The van der Waals surface area contributed by atoms with Crippen LogP contribution in [0, 0.1) is 6.92 Å². The zero-order chi connectivity index (χ0) is 18.0. The van der Waals surface area contributed by atoms with Gasteiger partial charge in [-0.1, -0.05) is 24.3 Å². The zero-order valence-electron chi connectivity index (χ0n) is 14.7. The summed E-state index contributed by atoms with van der Waals surface area (Å²) in [5.41, 5.74) is 4.17. The minimum absolute atomic E-state index is 0.0556. The molecule has 3 rings (SSSR count). The molecule has 1 heterocycles. The van der Waals surface area contributed by atoms with Crippen molar-refractivity contribution >= 4 is 17.5 Å². The van der Waals surface area contributed by atoms with Crippen LogP contribution in [0.5, 0.6) is 0 Å². The minimum atomic E-state index is -0.603. The maximum Gasteiger partial charge on any atom is 0.258 e. The molecule has 0 saturated carbocycles. The van der Waals surface area contributed by atoms with Gasteiger partial charge in [0.1, 0.15) is 0 Å². The Hall–Kier alpha value is -2.66. The summed E-state index contributed by atoms with van der Waals surface area (Å²) in [6.45, 7) is 2.39. The maximum absolute atomic E-state index is 12.7. The van der Waals surface area contributed by atoms with Gasteiger partial charge in [0, 0.05) is 25.3 Å². The molecular formula is C20H22N2O3. The first-order chi connectivity index (χ1) is 12.0. The number of rotatable bonds is 3. The fraction of sp³-hybridized carbons (Fsp3) is 0.300. The van der Waals surface area contributed by atoms with Gasteiger partial charge in [0.15, 0.2) is 6.10 Å². The number of carbonyl (C=O) groups excluding carboxylic acids is 2. The topological polar surface area (TPSA) is 58.6 Å². The van der Waals surface area contributed by atoms with E-state index in [9.17, 15) is 9.59 Å². The summed E-state index contributed by atoms with van der Waals surface area (Å²) in [5, 5.41) is 2.90. The fourth-order valence-electron chi connectivity index (χ4n) is 3.04. The molecule has 0 saturated heterocycles. The van der Waals surface area contributed by atoms with E-state index < -0.39 is 6.10 Å². The number of carbonyl (C=O) groups is 2. The third kappa shape index (κ3) is 3.56. The van der Waals surface area contributed by atoms with Crippen LogP contribution < -0.4 is 5.32 Å². The second-order valence-corrected chi connectivity index (χ2v) is 6.42. The van der Waals surface area contributed by atoms with Crippen molar-refractivity contribution < 1.29 is 14.3 Å². The highest BCUT2D eigenvalue weighted by Gasteiger charge is 2.27. The van der Waals surface area contributed by atoms with Gasteiger partial charge in [-0.3, -0.25) is 9.59 Å². The SMILES string of the molecule is Cc1cc(NC(=O)C2OCCc3ccccc32)ccc1C(=O)N(C)C. The third-order valence-electron chi connectivity index (χ3n) is 4.36. The second-order valence-electron chi connectivity index (χ2n) is 6.42. The normalized spacial score (nSPS) is 16.0. The molecule has 0 radical (unpaired) electrons. The van der Waals surface area contributed by atoms with Crippen LogP contribution in [-0.4, -0.2) is 37.4 Å². The lowest BCUT2D eigenvalue weighted by atomic mass is 9.97. The summed E-state index contributed by atoms with van der Waals surface area (Å²) in [4.78, 5) is 26.3. The largest absolute Gasteiger partial charge is 0.363 e. The average molecular weight is 338 g/mol. The smallest absolute Gasteiger partial charge is 0.258 e.